The first-order valence-electron chi connectivity index (χ1n) is 12.9. The largest absolute Gasteiger partial charge is 0.493 e. The van der Waals surface area contributed by atoms with Gasteiger partial charge in [-0.25, -0.2) is 4.79 Å². The number of hydrogen-bond donors (Lipinski definition) is 2. The van der Waals surface area contributed by atoms with E-state index in [9.17, 15) is 14.7 Å². The molecular weight excluding hydrogens is 498 g/mol. The van der Waals surface area contributed by atoms with Gasteiger partial charge in [0.1, 0.15) is 5.75 Å². The second-order valence-corrected chi connectivity index (χ2v) is 12.1. The molecular formula is C31H39NO5S. The molecule has 0 saturated carbocycles. The number of aliphatic hydroxyl groups is 1. The van der Waals surface area contributed by atoms with E-state index in [1.54, 1.807) is 6.07 Å². The van der Waals surface area contributed by atoms with E-state index >= 15 is 0 Å². The number of aliphatic hydroxyl groups excluding tert-OH is 1. The highest BCUT2D eigenvalue weighted by Gasteiger charge is 2.18. The monoisotopic (exact) mass is 537 g/mol. The lowest BCUT2D eigenvalue weighted by atomic mass is 9.85. The fourth-order valence-corrected chi connectivity index (χ4v) is 5.43. The van der Waals surface area contributed by atoms with Crippen LogP contribution in [0.2, 0.25) is 0 Å². The molecule has 1 aromatic heterocycles. The Balaban J connectivity index is 1.56. The maximum Gasteiger partial charge on any atom is 0.336 e. The average molecular weight is 538 g/mol. The lowest BCUT2D eigenvalue weighted by Gasteiger charge is -2.20. The predicted molar refractivity (Wildman–Crippen MR) is 153 cm³/mol. The smallest absolute Gasteiger partial charge is 0.336 e. The number of esters is 1. The fourth-order valence-electron chi connectivity index (χ4n) is 4.35. The molecule has 0 saturated heterocycles. The van der Waals surface area contributed by atoms with Crippen LogP contribution in [0.1, 0.15) is 58.9 Å². The van der Waals surface area contributed by atoms with E-state index in [0.29, 0.717) is 11.5 Å². The maximum atomic E-state index is 12.3. The Labute approximate surface area is 230 Å². The molecule has 204 valence electrons. The molecule has 3 rings (SSSR count). The van der Waals surface area contributed by atoms with Crippen molar-refractivity contribution in [2.24, 2.45) is 5.92 Å². The number of ether oxygens (including phenoxy) is 2. The second kappa shape index (κ2) is 12.6. The van der Waals surface area contributed by atoms with Gasteiger partial charge in [-0.2, -0.15) is 0 Å². The van der Waals surface area contributed by atoms with Gasteiger partial charge in [0.15, 0.2) is 6.10 Å². The van der Waals surface area contributed by atoms with Crippen molar-refractivity contribution < 1.29 is 24.2 Å². The van der Waals surface area contributed by atoms with E-state index in [1.165, 1.54) is 46.3 Å². The molecule has 2 unspecified atom stereocenters. The molecule has 2 N–H and O–H groups in total. The minimum absolute atomic E-state index is 0.128. The van der Waals surface area contributed by atoms with Gasteiger partial charge in [0.2, 0.25) is 0 Å². The molecule has 0 aliphatic rings. The van der Waals surface area contributed by atoms with Gasteiger partial charge in [-0.3, -0.25) is 4.79 Å². The lowest BCUT2D eigenvalue weighted by Crippen LogP contribution is -2.36. The molecule has 0 bridgehead atoms. The zero-order valence-electron chi connectivity index (χ0n) is 23.4. The number of hydrogen-bond acceptors (Lipinski definition) is 6. The van der Waals surface area contributed by atoms with Crippen molar-refractivity contribution in [3.05, 3.63) is 75.0 Å². The highest BCUT2D eigenvalue weighted by atomic mass is 32.1. The third-order valence-electron chi connectivity index (χ3n) is 6.44. The number of carbonyl (C=O) groups is 2. The van der Waals surface area contributed by atoms with Crippen LogP contribution in [0, 0.1) is 19.8 Å². The van der Waals surface area contributed by atoms with E-state index in [-0.39, 0.29) is 23.8 Å². The lowest BCUT2D eigenvalue weighted by molar-refractivity contribution is -0.149. The van der Waals surface area contributed by atoms with Gasteiger partial charge in [0.05, 0.1) is 25.1 Å². The first-order valence-corrected chi connectivity index (χ1v) is 13.7. The van der Waals surface area contributed by atoms with E-state index in [2.05, 4.69) is 88.0 Å². The van der Waals surface area contributed by atoms with Crippen molar-refractivity contribution in [3.8, 4) is 16.9 Å². The fraction of sp³-hybridized carbons (Fsp3) is 0.419. The Morgan fingerprint density at radius 2 is 1.66 bits per heavy atom. The Bertz CT molecular complexity index is 1230. The topological polar surface area (TPSA) is 84.9 Å². The Kier molecular flexibility index (Phi) is 9.74. The SMILES string of the molecule is COC(=O)C(O)CNC(=O)c1ccc(CC(C)COc2cc(C)c(-c3ccc(C(C)(C)C)cc3)c(C)c2)s1. The molecule has 1 amide bonds. The second-order valence-electron chi connectivity index (χ2n) is 10.9. The molecule has 0 spiro atoms. The minimum atomic E-state index is -1.38. The van der Waals surface area contributed by atoms with E-state index in [0.717, 1.165) is 17.0 Å². The van der Waals surface area contributed by atoms with Gasteiger partial charge >= 0.3 is 5.97 Å². The highest BCUT2D eigenvalue weighted by molar-refractivity contribution is 7.14. The quantitative estimate of drug-likeness (QED) is 0.317. The first-order chi connectivity index (χ1) is 17.9. The average Bonchev–Trinajstić information content (AvgIpc) is 3.33. The van der Waals surface area contributed by atoms with Crippen LogP contribution in [0.25, 0.3) is 11.1 Å². The van der Waals surface area contributed by atoms with Gasteiger partial charge < -0.3 is 19.9 Å². The maximum absolute atomic E-state index is 12.3. The molecule has 7 heteroatoms. The zero-order chi connectivity index (χ0) is 28.0. The summed E-state index contributed by atoms with van der Waals surface area (Å²) >= 11 is 1.40. The molecule has 1 heterocycles. The van der Waals surface area contributed by atoms with Gasteiger partial charge in [0, 0.05) is 4.88 Å². The summed E-state index contributed by atoms with van der Waals surface area (Å²) in [5.74, 6) is 0.00114. The predicted octanol–water partition coefficient (Wildman–Crippen LogP) is 5.85. The summed E-state index contributed by atoms with van der Waals surface area (Å²) in [6.45, 7) is 13.4. The molecule has 0 aliphatic heterocycles. The van der Waals surface area contributed by atoms with Crippen LogP contribution in [-0.2, 0) is 21.4 Å². The van der Waals surface area contributed by atoms with Crippen LogP contribution in [-0.4, -0.2) is 43.3 Å². The Hall–Kier alpha value is -3.16. The number of methoxy groups -OCH3 is 1. The van der Waals surface area contributed by atoms with Crippen LogP contribution in [0.3, 0.4) is 0 Å². The van der Waals surface area contributed by atoms with Crippen molar-refractivity contribution >= 4 is 23.2 Å². The number of carbonyl (C=O) groups excluding carboxylic acids is 2. The van der Waals surface area contributed by atoms with Gasteiger partial charge in [-0.05, 0) is 83.7 Å². The molecule has 0 aliphatic carbocycles. The molecule has 3 aromatic rings. The van der Waals surface area contributed by atoms with Gasteiger partial charge in [0.25, 0.3) is 5.91 Å². The normalized spacial score (nSPS) is 13.1. The molecule has 0 fully saturated rings. The van der Waals surface area contributed by atoms with Crippen molar-refractivity contribution in [1.82, 2.24) is 5.32 Å². The van der Waals surface area contributed by atoms with Crippen LogP contribution in [0.15, 0.2) is 48.5 Å². The summed E-state index contributed by atoms with van der Waals surface area (Å²) in [7, 11) is 1.19. The standard InChI is InChI=1S/C31H39NO5S/c1-19(14-25-12-13-27(38-25)29(34)32-17-26(33)30(35)36-7)18-37-24-15-20(2)28(21(3)16-24)22-8-10-23(11-9-22)31(4,5)6/h8-13,15-16,19,26,33H,14,17-18H2,1-7H3,(H,32,34). The Morgan fingerprint density at radius 1 is 1.03 bits per heavy atom. The van der Waals surface area contributed by atoms with Crippen LogP contribution in [0.4, 0.5) is 0 Å². The summed E-state index contributed by atoms with van der Waals surface area (Å²) in [5.41, 5.74) is 6.27. The van der Waals surface area contributed by atoms with E-state index in [4.69, 9.17) is 4.74 Å². The Morgan fingerprint density at radius 3 is 2.24 bits per heavy atom. The van der Waals surface area contributed by atoms with E-state index in [1.807, 2.05) is 6.07 Å². The number of benzene rings is 2. The summed E-state index contributed by atoms with van der Waals surface area (Å²) in [6, 6.07) is 16.7. The molecule has 6 nitrogen and oxygen atoms in total. The molecule has 2 aromatic carbocycles. The molecule has 0 radical (unpaired) electrons. The van der Waals surface area contributed by atoms with Gasteiger partial charge in [-0.15, -0.1) is 11.3 Å². The van der Waals surface area contributed by atoms with Crippen molar-refractivity contribution in [2.75, 3.05) is 20.3 Å². The summed E-state index contributed by atoms with van der Waals surface area (Å²) < 4.78 is 10.6. The molecule has 38 heavy (non-hydrogen) atoms. The van der Waals surface area contributed by atoms with Crippen molar-refractivity contribution in [2.45, 2.75) is 59.5 Å². The number of aryl methyl sites for hydroxylation is 2. The van der Waals surface area contributed by atoms with Crippen LogP contribution in [0.5, 0.6) is 5.75 Å². The van der Waals surface area contributed by atoms with Crippen LogP contribution < -0.4 is 10.1 Å². The summed E-state index contributed by atoms with van der Waals surface area (Å²) in [6.07, 6.45) is -0.602. The summed E-state index contributed by atoms with van der Waals surface area (Å²) in [4.78, 5) is 25.2. The van der Waals surface area contributed by atoms with Gasteiger partial charge in [-0.1, -0.05) is 52.0 Å². The minimum Gasteiger partial charge on any atom is -0.493 e. The zero-order valence-corrected chi connectivity index (χ0v) is 24.2. The number of nitrogens with one attached hydrogen (secondary N) is 1. The molecule has 2 atom stereocenters. The third kappa shape index (κ3) is 7.68. The number of amides is 1. The number of rotatable bonds is 10. The van der Waals surface area contributed by atoms with Crippen LogP contribution >= 0.6 is 11.3 Å². The first kappa shape index (κ1) is 29.4. The van der Waals surface area contributed by atoms with E-state index < -0.39 is 12.1 Å². The third-order valence-corrected chi connectivity index (χ3v) is 7.55. The van der Waals surface area contributed by atoms with Crippen molar-refractivity contribution in [3.63, 3.8) is 0 Å². The van der Waals surface area contributed by atoms with Crippen molar-refractivity contribution in [1.29, 1.82) is 0 Å². The number of thiophene rings is 1. The summed E-state index contributed by atoms with van der Waals surface area (Å²) in [5, 5.41) is 12.2. The highest BCUT2D eigenvalue weighted by Crippen LogP contribution is 2.33.